The largest absolute Gasteiger partial charge is 0.374 e. The molecule has 1 atom stereocenters. The fourth-order valence-corrected chi connectivity index (χ4v) is 2.56. The molecular formula is C16H19NO. The molecule has 0 aromatic heterocycles. The van der Waals surface area contributed by atoms with E-state index in [4.69, 9.17) is 4.74 Å². The van der Waals surface area contributed by atoms with Gasteiger partial charge in [-0.25, -0.2) is 0 Å². The van der Waals surface area contributed by atoms with E-state index in [1.54, 1.807) is 0 Å². The summed E-state index contributed by atoms with van der Waals surface area (Å²) in [5.74, 6) is 0. The molecule has 94 valence electrons. The van der Waals surface area contributed by atoms with Crippen LogP contribution < -0.4 is 0 Å². The Morgan fingerprint density at radius 1 is 1.22 bits per heavy atom. The van der Waals surface area contributed by atoms with Crippen molar-refractivity contribution < 1.29 is 4.74 Å². The summed E-state index contributed by atoms with van der Waals surface area (Å²) in [5.41, 5.74) is 2.72. The van der Waals surface area contributed by atoms with E-state index in [1.807, 2.05) is 0 Å². The summed E-state index contributed by atoms with van der Waals surface area (Å²) >= 11 is 0. The minimum atomic E-state index is 0.347. The second-order valence-electron chi connectivity index (χ2n) is 4.94. The van der Waals surface area contributed by atoms with Crippen molar-refractivity contribution in [2.24, 2.45) is 0 Å². The first-order valence-corrected chi connectivity index (χ1v) is 6.70. The fourth-order valence-electron chi connectivity index (χ4n) is 2.56. The maximum Gasteiger partial charge on any atom is 0.0823 e. The van der Waals surface area contributed by atoms with Gasteiger partial charge < -0.3 is 9.64 Å². The third kappa shape index (κ3) is 2.65. The molecule has 0 aliphatic carbocycles. The number of rotatable bonds is 3. The molecule has 0 amide bonds. The summed E-state index contributed by atoms with van der Waals surface area (Å²) in [6.45, 7) is 2.89. The molecule has 2 aliphatic heterocycles. The Morgan fingerprint density at radius 3 is 2.78 bits per heavy atom. The van der Waals surface area contributed by atoms with Gasteiger partial charge in [-0.15, -0.1) is 0 Å². The van der Waals surface area contributed by atoms with Gasteiger partial charge in [0.05, 0.1) is 6.10 Å². The first-order valence-electron chi connectivity index (χ1n) is 6.70. The first-order chi connectivity index (χ1) is 8.92. The molecule has 1 fully saturated rings. The number of hydrogen-bond acceptors (Lipinski definition) is 2. The lowest BCUT2D eigenvalue weighted by Gasteiger charge is -2.24. The average molecular weight is 241 g/mol. The van der Waals surface area contributed by atoms with Crippen LogP contribution in [0, 0.1) is 0 Å². The van der Waals surface area contributed by atoms with Crippen LogP contribution in [0.25, 0.3) is 0 Å². The van der Waals surface area contributed by atoms with Crippen LogP contribution in [0.1, 0.15) is 18.4 Å². The Balaban J connectivity index is 1.58. The summed E-state index contributed by atoms with van der Waals surface area (Å²) in [4.78, 5) is 2.33. The van der Waals surface area contributed by atoms with E-state index in [-0.39, 0.29) is 0 Å². The quantitative estimate of drug-likeness (QED) is 0.806. The van der Waals surface area contributed by atoms with E-state index >= 15 is 0 Å². The van der Waals surface area contributed by atoms with Gasteiger partial charge >= 0.3 is 0 Å². The molecule has 2 heteroatoms. The SMILES string of the molecule is C1=CN(Cc2ccccc2)CC=C1C1CCCO1. The lowest BCUT2D eigenvalue weighted by atomic mass is 10.0. The van der Waals surface area contributed by atoms with Gasteiger partial charge in [0.1, 0.15) is 0 Å². The summed E-state index contributed by atoms with van der Waals surface area (Å²) < 4.78 is 5.71. The molecule has 2 aliphatic rings. The Bertz CT molecular complexity index is 443. The van der Waals surface area contributed by atoms with Crippen molar-refractivity contribution in [3.8, 4) is 0 Å². The molecule has 18 heavy (non-hydrogen) atoms. The second kappa shape index (κ2) is 5.40. The topological polar surface area (TPSA) is 12.5 Å². The standard InChI is InChI=1S/C16H19NO/c1-2-5-14(6-3-1)13-17-10-8-15(9-11-17)16-7-4-12-18-16/h1-3,5-6,8-10,16H,4,7,11-13H2. The van der Waals surface area contributed by atoms with Crippen molar-refractivity contribution in [3.63, 3.8) is 0 Å². The van der Waals surface area contributed by atoms with Gasteiger partial charge in [0.15, 0.2) is 0 Å². The monoisotopic (exact) mass is 241 g/mol. The smallest absolute Gasteiger partial charge is 0.0823 e. The molecule has 2 heterocycles. The predicted molar refractivity (Wildman–Crippen MR) is 73.0 cm³/mol. The molecule has 0 N–H and O–H groups in total. The molecule has 0 spiro atoms. The van der Waals surface area contributed by atoms with Crippen LogP contribution in [0.5, 0.6) is 0 Å². The minimum Gasteiger partial charge on any atom is -0.374 e. The van der Waals surface area contributed by atoms with Crippen LogP contribution in [0.2, 0.25) is 0 Å². The maximum absolute atomic E-state index is 5.71. The summed E-state index contributed by atoms with van der Waals surface area (Å²) in [6.07, 6.45) is 9.43. The average Bonchev–Trinajstić information content (AvgIpc) is 2.95. The first kappa shape index (κ1) is 11.5. The third-order valence-corrected chi connectivity index (χ3v) is 3.57. The fraction of sp³-hybridized carbons (Fsp3) is 0.375. The maximum atomic E-state index is 5.71. The molecule has 1 unspecified atom stereocenters. The van der Waals surface area contributed by atoms with Gasteiger partial charge in [-0.1, -0.05) is 36.4 Å². The third-order valence-electron chi connectivity index (χ3n) is 3.57. The Morgan fingerprint density at radius 2 is 2.11 bits per heavy atom. The molecule has 1 aromatic rings. The Kier molecular flexibility index (Phi) is 3.47. The van der Waals surface area contributed by atoms with E-state index in [1.165, 1.54) is 24.0 Å². The van der Waals surface area contributed by atoms with Crippen LogP contribution in [-0.2, 0) is 11.3 Å². The number of ether oxygens (including phenoxy) is 1. The van der Waals surface area contributed by atoms with Crippen LogP contribution in [0.15, 0.2) is 54.3 Å². The summed E-state index contributed by atoms with van der Waals surface area (Å²) in [5, 5.41) is 0. The molecule has 0 saturated carbocycles. The predicted octanol–water partition coefficient (Wildman–Crippen LogP) is 3.12. The van der Waals surface area contributed by atoms with E-state index in [9.17, 15) is 0 Å². The highest BCUT2D eigenvalue weighted by atomic mass is 16.5. The van der Waals surface area contributed by atoms with Crippen LogP contribution >= 0.6 is 0 Å². The molecule has 2 nitrogen and oxygen atoms in total. The van der Waals surface area contributed by atoms with E-state index in [0.29, 0.717) is 6.10 Å². The Labute approximate surface area is 109 Å². The van der Waals surface area contributed by atoms with Crippen molar-refractivity contribution >= 4 is 0 Å². The van der Waals surface area contributed by atoms with Crippen molar-refractivity contribution in [1.29, 1.82) is 0 Å². The normalized spacial score (nSPS) is 23.2. The van der Waals surface area contributed by atoms with E-state index < -0.39 is 0 Å². The van der Waals surface area contributed by atoms with Crippen LogP contribution in [-0.4, -0.2) is 24.2 Å². The lowest BCUT2D eigenvalue weighted by molar-refractivity contribution is 0.138. The van der Waals surface area contributed by atoms with Crippen molar-refractivity contribution in [2.45, 2.75) is 25.5 Å². The number of nitrogens with zero attached hydrogens (tertiary/aromatic N) is 1. The van der Waals surface area contributed by atoms with Crippen molar-refractivity contribution in [1.82, 2.24) is 4.90 Å². The molecule has 0 radical (unpaired) electrons. The van der Waals surface area contributed by atoms with Gasteiger partial charge in [-0.3, -0.25) is 0 Å². The Hall–Kier alpha value is -1.54. The highest BCUT2D eigenvalue weighted by molar-refractivity contribution is 5.28. The second-order valence-corrected chi connectivity index (χ2v) is 4.94. The highest BCUT2D eigenvalue weighted by Gasteiger charge is 2.19. The zero-order valence-electron chi connectivity index (χ0n) is 10.6. The summed E-state index contributed by atoms with van der Waals surface area (Å²) in [6, 6.07) is 10.6. The van der Waals surface area contributed by atoms with Gasteiger partial charge in [-0.2, -0.15) is 0 Å². The van der Waals surface area contributed by atoms with Gasteiger partial charge in [0.25, 0.3) is 0 Å². The van der Waals surface area contributed by atoms with E-state index in [2.05, 4.69) is 53.6 Å². The van der Waals surface area contributed by atoms with E-state index in [0.717, 1.165) is 19.7 Å². The van der Waals surface area contributed by atoms with Gasteiger partial charge in [0, 0.05) is 25.9 Å². The van der Waals surface area contributed by atoms with Crippen LogP contribution in [0.3, 0.4) is 0 Å². The van der Waals surface area contributed by atoms with Gasteiger partial charge in [0.2, 0.25) is 0 Å². The molecular weight excluding hydrogens is 222 g/mol. The zero-order valence-corrected chi connectivity index (χ0v) is 10.6. The summed E-state index contributed by atoms with van der Waals surface area (Å²) in [7, 11) is 0. The van der Waals surface area contributed by atoms with Gasteiger partial charge in [-0.05, 0) is 30.1 Å². The van der Waals surface area contributed by atoms with Crippen LogP contribution in [0.4, 0.5) is 0 Å². The zero-order chi connectivity index (χ0) is 12.2. The molecule has 1 aromatic carbocycles. The molecule has 3 rings (SSSR count). The number of hydrogen-bond donors (Lipinski definition) is 0. The number of benzene rings is 1. The lowest BCUT2D eigenvalue weighted by Crippen LogP contribution is -2.22. The minimum absolute atomic E-state index is 0.347. The highest BCUT2D eigenvalue weighted by Crippen LogP contribution is 2.23. The van der Waals surface area contributed by atoms with Crippen molar-refractivity contribution in [2.75, 3.05) is 13.2 Å². The van der Waals surface area contributed by atoms with Crippen molar-refractivity contribution in [3.05, 3.63) is 59.8 Å². The molecule has 0 bridgehead atoms. The molecule has 1 saturated heterocycles.